The summed E-state index contributed by atoms with van der Waals surface area (Å²) in [5.74, 6) is 0. The lowest BCUT2D eigenvalue weighted by Gasteiger charge is -2.49. The predicted molar refractivity (Wildman–Crippen MR) is 345 cm³/mol. The van der Waals surface area contributed by atoms with E-state index in [4.69, 9.17) is 0 Å². The minimum Gasteiger partial charge on any atom is -0.310 e. The number of benzene rings is 12. The number of rotatable bonds is 11. The Kier molecular flexibility index (Phi) is 12.3. The highest BCUT2D eigenvalue weighted by molar-refractivity contribution is 7.20. The fraction of sp³-hybridized carbons (Fsp3) is 0.0649. The molecular formula is C77H61N3Si. The second-order valence-corrected chi connectivity index (χ2v) is 25.7. The Morgan fingerprint density at radius 1 is 0.296 bits per heavy atom. The third-order valence-corrected chi connectivity index (χ3v) is 22.0. The number of anilines is 6. The maximum Gasteiger partial charge on any atom is 0.180 e. The molecule has 81 heavy (non-hydrogen) atoms. The second-order valence-electron chi connectivity index (χ2n) is 22.0. The van der Waals surface area contributed by atoms with Crippen molar-refractivity contribution in [2.75, 3.05) is 9.80 Å². The third kappa shape index (κ3) is 8.16. The highest BCUT2D eigenvalue weighted by atomic mass is 28.3. The molecule has 0 fully saturated rings. The van der Waals surface area contributed by atoms with Crippen molar-refractivity contribution in [3.05, 3.63) is 342 Å². The first kappa shape index (κ1) is 49.5. The van der Waals surface area contributed by atoms with Gasteiger partial charge in [-0.1, -0.05) is 222 Å². The molecule has 0 aliphatic carbocycles. The van der Waals surface area contributed by atoms with Crippen LogP contribution < -0.4 is 30.5 Å². The van der Waals surface area contributed by atoms with Gasteiger partial charge in [0.15, 0.2) is 8.07 Å². The Morgan fingerprint density at radius 3 is 1.00 bits per heavy atom. The summed E-state index contributed by atoms with van der Waals surface area (Å²) < 4.78 is 2.49. The smallest absolute Gasteiger partial charge is 0.180 e. The average Bonchev–Trinajstić information content (AvgIpc) is 1.91. The van der Waals surface area contributed by atoms with Gasteiger partial charge in [0.1, 0.15) is 0 Å². The van der Waals surface area contributed by atoms with Gasteiger partial charge in [-0.3, -0.25) is 0 Å². The van der Waals surface area contributed by atoms with Gasteiger partial charge in [-0.2, -0.15) is 0 Å². The molecule has 13 aromatic rings. The monoisotopic (exact) mass is 1060 g/mol. The zero-order valence-electron chi connectivity index (χ0n) is 46.1. The van der Waals surface area contributed by atoms with Crippen LogP contribution in [0.2, 0.25) is 0 Å². The van der Waals surface area contributed by atoms with E-state index in [9.17, 15) is 0 Å². The molecule has 0 radical (unpaired) electrons. The van der Waals surface area contributed by atoms with Crippen LogP contribution in [0.4, 0.5) is 34.1 Å². The molecule has 0 spiro atoms. The predicted octanol–water partition coefficient (Wildman–Crippen LogP) is 17.0. The van der Waals surface area contributed by atoms with E-state index in [-0.39, 0.29) is 0 Å². The second kappa shape index (κ2) is 20.2. The van der Waals surface area contributed by atoms with Crippen molar-refractivity contribution in [1.82, 2.24) is 4.57 Å². The van der Waals surface area contributed by atoms with Crippen LogP contribution in [0.25, 0.3) is 27.5 Å². The standard InChI is InChI=1S/C77H61N3Si/c1-54-28-36-60(37-29-54)78(61-38-30-55(2)31-39-61)65-46-50-73-69(52-65)70-53-66(79(62-40-32-56(3)33-41-62)63-42-34-57(4)35-43-63)47-51-74(70)80(73)64-44-48-68(49-45-64)81(67-22-12-7-13-23-67)75-26-16-14-24-71(75)77(58-18-8-5-9-19-58,59-20-10-6-11-21-59)72-25-15-17-27-76(72)81/h5-53H,1-4H3. The fourth-order valence-electron chi connectivity index (χ4n) is 13.3. The largest absolute Gasteiger partial charge is 0.310 e. The normalized spacial score (nSPS) is 13.1. The molecule has 0 N–H and O–H groups in total. The summed E-state index contributed by atoms with van der Waals surface area (Å²) in [7, 11) is -3.05. The van der Waals surface area contributed by atoms with Crippen LogP contribution >= 0.6 is 0 Å². The minimum absolute atomic E-state index is 0.551. The molecule has 2 heterocycles. The quantitative estimate of drug-likeness (QED) is 0.120. The molecule has 388 valence electrons. The molecule has 1 aliphatic heterocycles. The third-order valence-electron chi connectivity index (χ3n) is 17.1. The maximum absolute atomic E-state index is 3.05. The molecule has 1 aromatic heterocycles. The summed E-state index contributed by atoms with van der Waals surface area (Å²) in [6, 6.07) is 112. The van der Waals surface area contributed by atoms with Gasteiger partial charge >= 0.3 is 0 Å². The number of hydrogen-bond donors (Lipinski definition) is 0. The number of aromatic nitrogens is 1. The Bertz CT molecular complexity index is 4070. The van der Waals surface area contributed by atoms with E-state index < -0.39 is 13.5 Å². The maximum atomic E-state index is 2.49. The summed E-state index contributed by atoms with van der Waals surface area (Å²) in [5.41, 5.74) is 19.6. The van der Waals surface area contributed by atoms with Gasteiger partial charge in [0, 0.05) is 50.6 Å². The number of nitrogens with zero attached hydrogens (tertiary/aromatic N) is 3. The Labute approximate surface area is 477 Å². The summed E-state index contributed by atoms with van der Waals surface area (Å²) in [5, 5.41) is 7.87. The molecular weight excluding hydrogens is 995 g/mol. The molecule has 3 nitrogen and oxygen atoms in total. The van der Waals surface area contributed by atoms with Gasteiger partial charge in [0.05, 0.1) is 16.4 Å². The van der Waals surface area contributed by atoms with Gasteiger partial charge in [-0.15, -0.1) is 0 Å². The highest BCUT2D eigenvalue weighted by Gasteiger charge is 2.55. The summed E-state index contributed by atoms with van der Waals surface area (Å²) in [6.45, 7) is 8.61. The van der Waals surface area contributed by atoms with E-state index in [0.29, 0.717) is 0 Å². The van der Waals surface area contributed by atoms with Crippen LogP contribution in [-0.4, -0.2) is 12.6 Å². The van der Waals surface area contributed by atoms with Crippen LogP contribution in [0.1, 0.15) is 44.5 Å². The van der Waals surface area contributed by atoms with E-state index in [0.717, 1.165) is 50.8 Å². The molecule has 4 heteroatoms. The van der Waals surface area contributed by atoms with Gasteiger partial charge in [0.2, 0.25) is 0 Å². The Balaban J connectivity index is 1.00. The molecule has 12 aromatic carbocycles. The molecule has 0 atom stereocenters. The Morgan fingerprint density at radius 2 is 0.617 bits per heavy atom. The van der Waals surface area contributed by atoms with Crippen LogP contribution in [0, 0.1) is 27.7 Å². The van der Waals surface area contributed by atoms with E-state index in [1.165, 1.54) is 76.0 Å². The zero-order valence-corrected chi connectivity index (χ0v) is 47.1. The topological polar surface area (TPSA) is 11.4 Å². The van der Waals surface area contributed by atoms with Gasteiger partial charge in [-0.25, -0.2) is 0 Å². The molecule has 1 aliphatic rings. The lowest BCUT2D eigenvalue weighted by molar-refractivity contribution is 0.750. The summed E-state index contributed by atoms with van der Waals surface area (Å²) in [6.07, 6.45) is 0. The zero-order chi connectivity index (χ0) is 54.7. The first-order chi connectivity index (χ1) is 39.8. The lowest BCUT2D eigenvalue weighted by atomic mass is 9.65. The molecule has 0 unspecified atom stereocenters. The van der Waals surface area contributed by atoms with Crippen molar-refractivity contribution in [1.29, 1.82) is 0 Å². The van der Waals surface area contributed by atoms with Crippen LogP contribution in [-0.2, 0) is 5.41 Å². The average molecular weight is 1060 g/mol. The Hall–Kier alpha value is -9.74. The van der Waals surface area contributed by atoms with Gasteiger partial charge < -0.3 is 14.4 Å². The van der Waals surface area contributed by atoms with E-state index >= 15 is 0 Å². The number of fused-ring (bicyclic) bond motifs is 5. The minimum atomic E-state index is -3.05. The first-order valence-corrected chi connectivity index (χ1v) is 30.2. The van der Waals surface area contributed by atoms with Crippen LogP contribution in [0.3, 0.4) is 0 Å². The van der Waals surface area contributed by atoms with Gasteiger partial charge in [0.25, 0.3) is 0 Å². The van der Waals surface area contributed by atoms with E-state index in [2.05, 4.69) is 339 Å². The van der Waals surface area contributed by atoms with Crippen molar-refractivity contribution >= 4 is 84.8 Å². The van der Waals surface area contributed by atoms with E-state index in [1.54, 1.807) is 0 Å². The SMILES string of the molecule is Cc1ccc(N(c2ccc(C)cc2)c2ccc3c(c2)c2cc(N(c4ccc(C)cc4)c4ccc(C)cc4)ccc2n3-c2ccc([Si]3(c4ccccc4)c4ccccc4C(c4ccccc4)(c4ccccc4)c4ccccc43)cc2)cc1. The van der Waals surface area contributed by atoms with E-state index in [1.807, 2.05) is 0 Å². The van der Waals surface area contributed by atoms with Crippen LogP contribution in [0.5, 0.6) is 0 Å². The summed E-state index contributed by atoms with van der Waals surface area (Å²) in [4.78, 5) is 4.78. The van der Waals surface area contributed by atoms with Crippen molar-refractivity contribution in [2.45, 2.75) is 33.1 Å². The lowest BCUT2D eigenvalue weighted by Crippen LogP contribution is -2.79. The number of hydrogen-bond acceptors (Lipinski definition) is 2. The number of aryl methyl sites for hydroxylation is 4. The van der Waals surface area contributed by atoms with Crippen molar-refractivity contribution < 1.29 is 0 Å². The van der Waals surface area contributed by atoms with Crippen LogP contribution in [0.15, 0.2) is 297 Å². The van der Waals surface area contributed by atoms with Gasteiger partial charge in [-0.05, 0) is 168 Å². The van der Waals surface area contributed by atoms with Crippen molar-refractivity contribution in [3.8, 4) is 5.69 Å². The van der Waals surface area contributed by atoms with Crippen molar-refractivity contribution in [3.63, 3.8) is 0 Å². The highest BCUT2D eigenvalue weighted by Crippen LogP contribution is 2.48. The molecule has 0 saturated heterocycles. The molecule has 14 rings (SSSR count). The van der Waals surface area contributed by atoms with Crippen molar-refractivity contribution in [2.24, 2.45) is 0 Å². The molecule has 0 amide bonds. The molecule has 0 saturated carbocycles. The molecule has 0 bridgehead atoms. The first-order valence-electron chi connectivity index (χ1n) is 28.2. The summed E-state index contributed by atoms with van der Waals surface area (Å²) >= 11 is 0. The fourth-order valence-corrected chi connectivity index (χ4v) is 18.6.